The van der Waals surface area contributed by atoms with Crippen LogP contribution in [0, 0.1) is 0 Å². The summed E-state index contributed by atoms with van der Waals surface area (Å²) in [4.78, 5) is 23.5. The van der Waals surface area contributed by atoms with E-state index in [0.29, 0.717) is 16.9 Å². The Labute approximate surface area is 131 Å². The number of aromatic nitrogens is 5. The van der Waals surface area contributed by atoms with Crippen molar-refractivity contribution in [3.8, 4) is 17.0 Å². The largest absolute Gasteiger partial charge is 0.481 e. The van der Waals surface area contributed by atoms with Crippen molar-refractivity contribution in [2.45, 2.75) is 0 Å². The first kappa shape index (κ1) is 13.6. The standard InChI is InChI=1S/C16H15N5O2/c1-20-6-10(9-4-13(23-3)17-5-12(9)20)11-7-21(2)15-14(11)16(22)19-8-18-15/h4-8H,1-3H3,(H,18,19,22). The van der Waals surface area contributed by atoms with Crippen molar-refractivity contribution in [1.29, 1.82) is 0 Å². The molecule has 0 unspecified atom stereocenters. The summed E-state index contributed by atoms with van der Waals surface area (Å²) < 4.78 is 9.08. The maximum atomic E-state index is 12.3. The van der Waals surface area contributed by atoms with Gasteiger partial charge in [0, 0.05) is 49.1 Å². The van der Waals surface area contributed by atoms with E-state index < -0.39 is 0 Å². The number of hydrogen-bond acceptors (Lipinski definition) is 4. The molecule has 0 fully saturated rings. The molecular weight excluding hydrogens is 294 g/mol. The van der Waals surface area contributed by atoms with Gasteiger partial charge in [0.15, 0.2) is 0 Å². The van der Waals surface area contributed by atoms with Crippen molar-refractivity contribution in [3.05, 3.63) is 41.3 Å². The lowest BCUT2D eigenvalue weighted by Crippen LogP contribution is -2.06. The fraction of sp³-hybridized carbons (Fsp3) is 0.188. The normalized spacial score (nSPS) is 11.4. The number of aryl methyl sites for hydroxylation is 2. The highest BCUT2D eigenvalue weighted by Crippen LogP contribution is 2.34. The zero-order chi connectivity index (χ0) is 16.1. The van der Waals surface area contributed by atoms with E-state index in [2.05, 4.69) is 15.0 Å². The molecule has 116 valence electrons. The van der Waals surface area contributed by atoms with Crippen LogP contribution in [0.2, 0.25) is 0 Å². The van der Waals surface area contributed by atoms with Gasteiger partial charge in [-0.05, 0) is 0 Å². The lowest BCUT2D eigenvalue weighted by atomic mass is 10.1. The Balaban J connectivity index is 2.13. The molecule has 0 aliphatic heterocycles. The number of pyridine rings is 1. The van der Waals surface area contributed by atoms with Crippen LogP contribution in [0.3, 0.4) is 0 Å². The molecule has 0 atom stereocenters. The van der Waals surface area contributed by atoms with Gasteiger partial charge in [-0.3, -0.25) is 4.79 Å². The third-order valence-electron chi connectivity index (χ3n) is 4.11. The first-order valence-corrected chi connectivity index (χ1v) is 7.12. The van der Waals surface area contributed by atoms with Gasteiger partial charge < -0.3 is 18.9 Å². The summed E-state index contributed by atoms with van der Waals surface area (Å²) in [7, 11) is 5.42. The van der Waals surface area contributed by atoms with E-state index in [-0.39, 0.29) is 5.56 Å². The summed E-state index contributed by atoms with van der Waals surface area (Å²) in [5, 5.41) is 1.56. The number of methoxy groups -OCH3 is 1. The van der Waals surface area contributed by atoms with Gasteiger partial charge in [-0.25, -0.2) is 9.97 Å². The molecule has 0 spiro atoms. The predicted octanol–water partition coefficient (Wildman–Crippen LogP) is 1.82. The van der Waals surface area contributed by atoms with Crippen LogP contribution in [0.1, 0.15) is 0 Å². The lowest BCUT2D eigenvalue weighted by Gasteiger charge is -2.00. The number of aromatic amines is 1. The average molecular weight is 309 g/mol. The number of nitrogens with zero attached hydrogens (tertiary/aromatic N) is 4. The summed E-state index contributed by atoms with van der Waals surface area (Å²) in [6.45, 7) is 0. The van der Waals surface area contributed by atoms with E-state index in [1.807, 2.05) is 41.7 Å². The molecule has 0 aliphatic carbocycles. The Morgan fingerprint density at radius 2 is 1.91 bits per heavy atom. The van der Waals surface area contributed by atoms with Crippen molar-refractivity contribution >= 4 is 21.9 Å². The van der Waals surface area contributed by atoms with Crippen LogP contribution in [0.25, 0.3) is 33.1 Å². The van der Waals surface area contributed by atoms with Crippen molar-refractivity contribution < 1.29 is 4.74 Å². The van der Waals surface area contributed by atoms with Crippen LogP contribution in [0.4, 0.5) is 0 Å². The van der Waals surface area contributed by atoms with E-state index in [4.69, 9.17) is 4.74 Å². The van der Waals surface area contributed by atoms with E-state index in [0.717, 1.165) is 22.0 Å². The van der Waals surface area contributed by atoms with E-state index >= 15 is 0 Å². The maximum absolute atomic E-state index is 12.3. The number of nitrogens with one attached hydrogen (secondary N) is 1. The van der Waals surface area contributed by atoms with E-state index in [9.17, 15) is 4.79 Å². The zero-order valence-corrected chi connectivity index (χ0v) is 13.0. The molecular formula is C16H15N5O2. The van der Waals surface area contributed by atoms with E-state index in [1.165, 1.54) is 6.33 Å². The molecule has 0 radical (unpaired) electrons. The average Bonchev–Trinajstić information content (AvgIpc) is 3.06. The minimum atomic E-state index is -0.149. The van der Waals surface area contributed by atoms with Crippen molar-refractivity contribution in [3.63, 3.8) is 0 Å². The van der Waals surface area contributed by atoms with Gasteiger partial charge in [-0.2, -0.15) is 0 Å². The summed E-state index contributed by atoms with van der Waals surface area (Å²) in [6.07, 6.45) is 7.11. The highest BCUT2D eigenvalue weighted by Gasteiger charge is 2.17. The Bertz CT molecular complexity index is 1100. The summed E-state index contributed by atoms with van der Waals surface area (Å²) in [5.74, 6) is 0.539. The molecule has 4 rings (SSSR count). The highest BCUT2D eigenvalue weighted by molar-refractivity contribution is 6.04. The minimum absolute atomic E-state index is 0.149. The molecule has 0 aliphatic rings. The molecule has 23 heavy (non-hydrogen) atoms. The molecule has 7 heteroatoms. The third kappa shape index (κ3) is 1.86. The van der Waals surface area contributed by atoms with Crippen LogP contribution in [0.15, 0.2) is 35.8 Å². The van der Waals surface area contributed by atoms with Crippen molar-refractivity contribution in [1.82, 2.24) is 24.1 Å². The highest BCUT2D eigenvalue weighted by atomic mass is 16.5. The summed E-state index contributed by atoms with van der Waals surface area (Å²) in [5.41, 5.74) is 3.27. The number of hydrogen-bond donors (Lipinski definition) is 1. The molecule has 0 amide bonds. The second-order valence-electron chi connectivity index (χ2n) is 5.48. The van der Waals surface area contributed by atoms with Crippen molar-refractivity contribution in [2.24, 2.45) is 14.1 Å². The first-order valence-electron chi connectivity index (χ1n) is 7.12. The molecule has 4 aromatic rings. The van der Waals surface area contributed by atoms with Gasteiger partial charge in [-0.15, -0.1) is 0 Å². The summed E-state index contributed by atoms with van der Waals surface area (Å²) >= 11 is 0. The van der Waals surface area contributed by atoms with Crippen LogP contribution >= 0.6 is 0 Å². The maximum Gasteiger partial charge on any atom is 0.260 e. The molecule has 7 nitrogen and oxygen atoms in total. The number of ether oxygens (including phenoxy) is 1. The zero-order valence-electron chi connectivity index (χ0n) is 13.0. The van der Waals surface area contributed by atoms with Gasteiger partial charge >= 0.3 is 0 Å². The number of rotatable bonds is 2. The van der Waals surface area contributed by atoms with Crippen LogP contribution < -0.4 is 10.3 Å². The molecule has 0 aromatic carbocycles. The number of H-pyrrole nitrogens is 1. The van der Waals surface area contributed by atoms with Gasteiger partial charge in [0.25, 0.3) is 5.56 Å². The predicted molar refractivity (Wildman–Crippen MR) is 87.6 cm³/mol. The second kappa shape index (κ2) is 4.70. The van der Waals surface area contributed by atoms with Crippen molar-refractivity contribution in [2.75, 3.05) is 7.11 Å². The van der Waals surface area contributed by atoms with Crippen LogP contribution in [-0.4, -0.2) is 31.2 Å². The Hall–Kier alpha value is -3.09. The van der Waals surface area contributed by atoms with Gasteiger partial charge in [0.05, 0.1) is 30.5 Å². The summed E-state index contributed by atoms with van der Waals surface area (Å²) in [6, 6.07) is 1.88. The molecule has 1 N–H and O–H groups in total. The molecule has 0 saturated heterocycles. The smallest absolute Gasteiger partial charge is 0.260 e. The molecule has 0 saturated carbocycles. The fourth-order valence-electron chi connectivity index (χ4n) is 3.01. The quantitative estimate of drug-likeness (QED) is 0.613. The number of fused-ring (bicyclic) bond motifs is 2. The minimum Gasteiger partial charge on any atom is -0.481 e. The second-order valence-corrected chi connectivity index (χ2v) is 5.48. The lowest BCUT2D eigenvalue weighted by molar-refractivity contribution is 0.398. The van der Waals surface area contributed by atoms with Crippen LogP contribution in [-0.2, 0) is 14.1 Å². The van der Waals surface area contributed by atoms with Gasteiger partial charge in [0.1, 0.15) is 5.65 Å². The molecule has 4 aromatic heterocycles. The first-order chi connectivity index (χ1) is 11.1. The van der Waals surface area contributed by atoms with Gasteiger partial charge in [0.2, 0.25) is 5.88 Å². The SMILES string of the molecule is COc1cc2c(-c3cn(C)c4nc[nH]c(=O)c34)cn(C)c2cn1. The molecule has 4 heterocycles. The monoisotopic (exact) mass is 309 g/mol. The topological polar surface area (TPSA) is 77.7 Å². The molecule has 0 bridgehead atoms. The van der Waals surface area contributed by atoms with E-state index in [1.54, 1.807) is 13.3 Å². The Morgan fingerprint density at radius 1 is 1.13 bits per heavy atom. The Kier molecular flexibility index (Phi) is 2.77. The van der Waals surface area contributed by atoms with Crippen LogP contribution in [0.5, 0.6) is 5.88 Å². The third-order valence-corrected chi connectivity index (χ3v) is 4.11. The fourth-order valence-corrected chi connectivity index (χ4v) is 3.01. The Morgan fingerprint density at radius 3 is 2.70 bits per heavy atom. The van der Waals surface area contributed by atoms with Gasteiger partial charge in [-0.1, -0.05) is 0 Å².